The summed E-state index contributed by atoms with van der Waals surface area (Å²) < 4.78 is 0. The number of rotatable bonds is 22. The molecule has 272 valence electrons. The Morgan fingerprint density at radius 3 is 0.957 bits per heavy atom. The van der Waals surface area contributed by atoms with E-state index >= 15 is 0 Å². The van der Waals surface area contributed by atoms with Gasteiger partial charge in [-0.2, -0.15) is 0 Å². The highest BCUT2D eigenvalue weighted by Gasteiger charge is 2.52. The molecule has 0 aliphatic carbocycles. The van der Waals surface area contributed by atoms with Gasteiger partial charge in [0.25, 0.3) is 0 Å². The summed E-state index contributed by atoms with van der Waals surface area (Å²) in [5, 5.41) is 43.1. The van der Waals surface area contributed by atoms with Crippen LogP contribution in [0.1, 0.15) is 126 Å². The molecule has 0 aliphatic heterocycles. The third kappa shape index (κ3) is 18.5. The molecule has 0 fully saturated rings. The molecule has 0 aliphatic rings. The summed E-state index contributed by atoms with van der Waals surface area (Å²) in [6.07, 6.45) is 19.7. The van der Waals surface area contributed by atoms with Crippen molar-refractivity contribution in [1.29, 1.82) is 0 Å². The van der Waals surface area contributed by atoms with Crippen molar-refractivity contribution in [1.82, 2.24) is 0 Å². The van der Waals surface area contributed by atoms with Gasteiger partial charge in [0.2, 0.25) is 0 Å². The van der Waals surface area contributed by atoms with Crippen LogP contribution in [-0.2, 0) is 18.4 Å². The maximum Gasteiger partial charge on any atom is 0.324 e. The zero-order valence-electron chi connectivity index (χ0n) is 28.4. The van der Waals surface area contributed by atoms with Crippen molar-refractivity contribution in [3.05, 3.63) is 70.8 Å². The zero-order chi connectivity index (χ0) is 35.6. The molecule has 0 spiro atoms. The molecule has 0 heterocycles. The highest BCUT2D eigenvalue weighted by Crippen LogP contribution is 2.45. The number of benzene rings is 2. The largest absolute Gasteiger partial charge is 0.395 e. The fraction of sp³-hybridized carbons (Fsp3) is 0.657. The molecule has 2 rings (SSSR count). The average Bonchev–Trinajstić information content (AvgIpc) is 3.05. The first-order valence-electron chi connectivity index (χ1n) is 16.9. The minimum Gasteiger partial charge on any atom is -0.395 e. The molecular formula is C35H62O10P2. The van der Waals surface area contributed by atoms with Gasteiger partial charge in [0.05, 0.1) is 25.2 Å². The van der Waals surface area contributed by atoms with Gasteiger partial charge in [-0.15, -0.1) is 0 Å². The molecule has 47 heavy (non-hydrogen) atoms. The molecule has 0 bridgehead atoms. The van der Waals surface area contributed by atoms with E-state index in [1.807, 2.05) is 48.5 Å². The lowest BCUT2D eigenvalue weighted by Gasteiger charge is -2.45. The van der Waals surface area contributed by atoms with Crippen LogP contribution in [-0.4, -0.2) is 69.6 Å². The molecule has 12 heteroatoms. The van der Waals surface area contributed by atoms with Gasteiger partial charge in [0.1, 0.15) is 5.60 Å². The molecular weight excluding hydrogens is 642 g/mol. The first-order valence-corrected chi connectivity index (χ1v) is 19.3. The van der Waals surface area contributed by atoms with Gasteiger partial charge in [-0.3, -0.25) is 0 Å². The molecule has 10 nitrogen and oxygen atoms in total. The lowest BCUT2D eigenvalue weighted by atomic mass is 9.65. The Labute approximate surface area is 284 Å². The summed E-state index contributed by atoms with van der Waals surface area (Å²) >= 11 is 0. The topological polar surface area (TPSA) is 202 Å². The Hall–Kier alpha value is -1.10. The monoisotopic (exact) mass is 704 g/mol. The van der Waals surface area contributed by atoms with E-state index < -0.39 is 48.0 Å². The molecule has 2 aromatic carbocycles. The first kappa shape index (κ1) is 45.9. The molecule has 0 amide bonds. The molecule has 0 atom stereocenters. The van der Waals surface area contributed by atoms with Crippen molar-refractivity contribution < 1.29 is 49.8 Å². The van der Waals surface area contributed by atoms with Crippen molar-refractivity contribution in [3.63, 3.8) is 0 Å². The van der Waals surface area contributed by atoms with Crippen LogP contribution in [0.4, 0.5) is 0 Å². The van der Waals surface area contributed by atoms with E-state index in [1.165, 1.54) is 88.2 Å². The van der Waals surface area contributed by atoms with E-state index in [4.69, 9.17) is 29.4 Å². The number of aliphatic hydroxyl groups is 4. The maximum atomic E-state index is 12.2. The van der Waals surface area contributed by atoms with E-state index in [0.29, 0.717) is 11.1 Å². The SMILES string of the molecule is CCCCCCCCCc1ccc(C(O)(c2ccc(CCCCCCCCC)cc2)C(CO)(CO)CO)cc1.OP(O)O.OP(O)O. The third-order valence-corrected chi connectivity index (χ3v) is 8.56. The fourth-order valence-electron chi connectivity index (χ4n) is 5.67. The number of hydrogen-bond acceptors (Lipinski definition) is 10. The van der Waals surface area contributed by atoms with Crippen LogP contribution in [0.2, 0.25) is 0 Å². The van der Waals surface area contributed by atoms with Crippen LogP contribution < -0.4 is 0 Å². The minimum absolute atomic E-state index is 0.546. The second-order valence-electron chi connectivity index (χ2n) is 12.1. The Balaban J connectivity index is 0.00000236. The Bertz CT molecular complexity index is 906. The van der Waals surface area contributed by atoms with E-state index in [-0.39, 0.29) is 0 Å². The minimum atomic E-state index is -2.62. The highest BCUT2D eigenvalue weighted by atomic mass is 31.2. The summed E-state index contributed by atoms with van der Waals surface area (Å²) in [5.74, 6) is 0. The Morgan fingerprint density at radius 2 is 0.702 bits per heavy atom. The summed E-state index contributed by atoms with van der Waals surface area (Å²) in [6, 6.07) is 15.7. The molecule has 10 N–H and O–H groups in total. The summed E-state index contributed by atoms with van der Waals surface area (Å²) in [4.78, 5) is 43.4. The fourth-order valence-corrected chi connectivity index (χ4v) is 5.67. The third-order valence-electron chi connectivity index (χ3n) is 8.56. The van der Waals surface area contributed by atoms with Gasteiger partial charge >= 0.3 is 17.2 Å². The highest BCUT2D eigenvalue weighted by molar-refractivity contribution is 7.38. The molecule has 0 saturated heterocycles. The Kier molecular flexibility index (Phi) is 27.0. The smallest absolute Gasteiger partial charge is 0.324 e. The van der Waals surface area contributed by atoms with Gasteiger partial charge in [-0.25, -0.2) is 0 Å². The number of aryl methyl sites for hydroxylation is 2. The van der Waals surface area contributed by atoms with Crippen molar-refractivity contribution >= 4 is 17.2 Å². The van der Waals surface area contributed by atoms with Crippen LogP contribution in [0.15, 0.2) is 48.5 Å². The standard InChI is InChI=1S/C35H56O4.2H3O3P/c1-3-5-7-9-11-13-15-17-30-19-23-32(24-20-30)35(39,34(27-36,28-37)29-38)33-25-21-31(22-26-33)18-16-14-12-10-8-6-4-2;2*1-4(2)3/h19-26,36-39H,3-18,27-29H2,1-2H3;2*1-3H. The average molecular weight is 705 g/mol. The van der Waals surface area contributed by atoms with Crippen LogP contribution in [0, 0.1) is 5.41 Å². The lowest BCUT2D eigenvalue weighted by Crippen LogP contribution is -2.54. The van der Waals surface area contributed by atoms with Crippen molar-refractivity contribution in [2.45, 2.75) is 122 Å². The summed E-state index contributed by atoms with van der Waals surface area (Å²) in [6.45, 7) is 2.84. The first-order chi connectivity index (χ1) is 22.5. The Morgan fingerprint density at radius 1 is 0.447 bits per heavy atom. The second-order valence-corrected chi connectivity index (χ2v) is 13.2. The molecule has 0 radical (unpaired) electrons. The normalized spacial score (nSPS) is 11.7. The van der Waals surface area contributed by atoms with Gasteiger partial charge < -0.3 is 49.8 Å². The molecule has 2 aromatic rings. The van der Waals surface area contributed by atoms with Gasteiger partial charge in [0, 0.05) is 0 Å². The summed E-state index contributed by atoms with van der Waals surface area (Å²) in [5.41, 5.74) is 0.309. The van der Waals surface area contributed by atoms with Gasteiger partial charge in [-0.1, -0.05) is 139 Å². The number of hydrogen-bond donors (Lipinski definition) is 10. The number of unbranched alkanes of at least 4 members (excludes halogenated alkanes) is 12. The van der Waals surface area contributed by atoms with Crippen LogP contribution in [0.25, 0.3) is 0 Å². The summed E-state index contributed by atoms with van der Waals surface area (Å²) in [7, 11) is -5.24. The van der Waals surface area contributed by atoms with Crippen molar-refractivity contribution in [3.8, 4) is 0 Å². The van der Waals surface area contributed by atoms with E-state index in [1.54, 1.807) is 0 Å². The lowest BCUT2D eigenvalue weighted by molar-refractivity contribution is -0.136. The quantitative estimate of drug-likeness (QED) is 0.0523. The molecule has 0 saturated carbocycles. The van der Waals surface area contributed by atoms with Crippen molar-refractivity contribution in [2.24, 2.45) is 5.41 Å². The predicted octanol–water partition coefficient (Wildman–Crippen LogP) is 5.85. The van der Waals surface area contributed by atoms with E-state index in [9.17, 15) is 20.4 Å². The number of aliphatic hydroxyl groups excluding tert-OH is 3. The van der Waals surface area contributed by atoms with Gasteiger partial charge in [-0.05, 0) is 47.9 Å². The van der Waals surface area contributed by atoms with Crippen LogP contribution in [0.5, 0.6) is 0 Å². The van der Waals surface area contributed by atoms with Gasteiger partial charge in [0.15, 0.2) is 0 Å². The molecule has 0 unspecified atom stereocenters. The van der Waals surface area contributed by atoms with Crippen LogP contribution >= 0.6 is 17.2 Å². The van der Waals surface area contributed by atoms with Crippen LogP contribution in [0.3, 0.4) is 0 Å². The van der Waals surface area contributed by atoms with E-state index in [0.717, 1.165) is 25.7 Å². The predicted molar refractivity (Wildman–Crippen MR) is 190 cm³/mol. The zero-order valence-corrected chi connectivity index (χ0v) is 30.2. The second kappa shape index (κ2) is 27.7. The van der Waals surface area contributed by atoms with Crippen molar-refractivity contribution in [2.75, 3.05) is 19.8 Å². The maximum absolute atomic E-state index is 12.2. The van der Waals surface area contributed by atoms with E-state index in [2.05, 4.69) is 13.8 Å². The molecule has 0 aromatic heterocycles.